The first-order valence-corrected chi connectivity index (χ1v) is 8.42. The number of nitrogens with zero attached hydrogens (tertiary/aromatic N) is 1. The number of nitrogens with one attached hydrogen (secondary N) is 1. The quantitative estimate of drug-likeness (QED) is 0.848. The summed E-state index contributed by atoms with van der Waals surface area (Å²) < 4.78 is 13.6. The highest BCUT2D eigenvalue weighted by Crippen LogP contribution is 2.40. The summed E-state index contributed by atoms with van der Waals surface area (Å²) in [6, 6.07) is 5.95. The Bertz CT molecular complexity index is 492. The van der Waals surface area contributed by atoms with Gasteiger partial charge in [0.1, 0.15) is 5.82 Å². The van der Waals surface area contributed by atoms with Crippen LogP contribution in [0.4, 0.5) is 10.1 Å². The molecule has 0 bridgehead atoms. The van der Waals surface area contributed by atoms with E-state index in [1.165, 1.54) is 37.8 Å². The summed E-state index contributed by atoms with van der Waals surface area (Å²) in [6.45, 7) is 7.60. The Kier molecular flexibility index (Phi) is 4.21. The van der Waals surface area contributed by atoms with Gasteiger partial charge in [-0.25, -0.2) is 4.39 Å². The van der Waals surface area contributed by atoms with Gasteiger partial charge in [-0.05, 0) is 61.3 Å². The van der Waals surface area contributed by atoms with E-state index in [0.29, 0.717) is 11.5 Å². The first kappa shape index (κ1) is 14.8. The first-order valence-electron chi connectivity index (χ1n) is 8.42. The topological polar surface area (TPSA) is 15.3 Å². The Morgan fingerprint density at radius 1 is 1.29 bits per heavy atom. The molecule has 0 radical (unpaired) electrons. The van der Waals surface area contributed by atoms with Crippen LogP contribution in [0.3, 0.4) is 0 Å². The molecule has 0 spiro atoms. The second kappa shape index (κ2) is 5.96. The lowest BCUT2D eigenvalue weighted by Gasteiger charge is -2.28. The highest BCUT2D eigenvalue weighted by Gasteiger charge is 2.35. The van der Waals surface area contributed by atoms with Gasteiger partial charge >= 0.3 is 0 Å². The predicted octanol–water partition coefficient (Wildman–Crippen LogP) is 4.09. The molecule has 1 saturated carbocycles. The normalized spacial score (nSPS) is 21.0. The van der Waals surface area contributed by atoms with Crippen molar-refractivity contribution < 1.29 is 4.39 Å². The standard InChI is InChI=1S/C18H27FN2/c1-3-18(4-2)9-10-21(13-18)17-8-5-15(19)11-14(17)12-20-16-6-7-16/h5,8,11,16,20H,3-4,6-7,9-10,12-13H2,1-2H3. The maximum atomic E-state index is 13.6. The van der Waals surface area contributed by atoms with Crippen molar-refractivity contribution in [3.63, 3.8) is 0 Å². The van der Waals surface area contributed by atoms with E-state index in [0.717, 1.165) is 25.2 Å². The Balaban J connectivity index is 1.77. The summed E-state index contributed by atoms with van der Waals surface area (Å²) in [4.78, 5) is 2.47. The minimum Gasteiger partial charge on any atom is -0.371 e. The van der Waals surface area contributed by atoms with Crippen molar-refractivity contribution >= 4 is 5.69 Å². The fraction of sp³-hybridized carbons (Fsp3) is 0.667. The highest BCUT2D eigenvalue weighted by atomic mass is 19.1. The highest BCUT2D eigenvalue weighted by molar-refractivity contribution is 5.55. The third-order valence-corrected chi connectivity index (χ3v) is 5.48. The van der Waals surface area contributed by atoms with Crippen molar-refractivity contribution in [1.29, 1.82) is 0 Å². The molecule has 116 valence electrons. The van der Waals surface area contributed by atoms with Crippen molar-refractivity contribution in [1.82, 2.24) is 5.32 Å². The van der Waals surface area contributed by atoms with Crippen molar-refractivity contribution in [3.05, 3.63) is 29.6 Å². The maximum Gasteiger partial charge on any atom is 0.123 e. The van der Waals surface area contributed by atoms with E-state index >= 15 is 0 Å². The van der Waals surface area contributed by atoms with Gasteiger partial charge in [-0.1, -0.05) is 13.8 Å². The summed E-state index contributed by atoms with van der Waals surface area (Å²) in [6.07, 6.45) is 6.26. The van der Waals surface area contributed by atoms with Crippen molar-refractivity contribution in [2.24, 2.45) is 5.41 Å². The molecule has 1 aromatic rings. The van der Waals surface area contributed by atoms with Gasteiger partial charge in [-0.2, -0.15) is 0 Å². The zero-order valence-electron chi connectivity index (χ0n) is 13.3. The number of anilines is 1. The molecule has 0 aromatic heterocycles. The minimum atomic E-state index is -0.122. The molecule has 2 nitrogen and oxygen atoms in total. The van der Waals surface area contributed by atoms with Crippen LogP contribution in [0.15, 0.2) is 18.2 Å². The number of hydrogen-bond acceptors (Lipinski definition) is 2. The molecule has 1 N–H and O–H groups in total. The molecule has 3 heteroatoms. The third kappa shape index (κ3) is 3.23. The molecule has 1 aliphatic carbocycles. The summed E-state index contributed by atoms with van der Waals surface area (Å²) in [5, 5.41) is 3.52. The Morgan fingerprint density at radius 2 is 2.05 bits per heavy atom. The smallest absolute Gasteiger partial charge is 0.123 e. The first-order chi connectivity index (χ1) is 10.2. The van der Waals surface area contributed by atoms with Gasteiger partial charge in [0.05, 0.1) is 0 Å². The average Bonchev–Trinajstić information content (AvgIpc) is 3.23. The van der Waals surface area contributed by atoms with Gasteiger partial charge in [0.15, 0.2) is 0 Å². The molecule has 1 saturated heterocycles. The zero-order valence-corrected chi connectivity index (χ0v) is 13.3. The van der Waals surface area contributed by atoms with Crippen LogP contribution in [0.1, 0.15) is 51.5 Å². The lowest BCUT2D eigenvalue weighted by atomic mass is 9.82. The molecular formula is C18H27FN2. The molecule has 1 aliphatic heterocycles. The molecule has 1 aromatic carbocycles. The van der Waals surface area contributed by atoms with Gasteiger partial charge in [0.2, 0.25) is 0 Å². The van der Waals surface area contributed by atoms with Crippen LogP contribution in [0, 0.1) is 11.2 Å². The molecule has 0 atom stereocenters. The van der Waals surface area contributed by atoms with Gasteiger partial charge in [0.25, 0.3) is 0 Å². The fourth-order valence-electron chi connectivity index (χ4n) is 3.51. The average molecular weight is 290 g/mol. The Hall–Kier alpha value is -1.09. The number of hydrogen-bond donors (Lipinski definition) is 1. The molecule has 2 fully saturated rings. The van der Waals surface area contributed by atoms with Gasteiger partial charge < -0.3 is 10.2 Å². The van der Waals surface area contributed by atoms with Crippen molar-refractivity contribution in [2.45, 2.75) is 58.5 Å². The second-order valence-electron chi connectivity index (χ2n) is 6.81. The third-order valence-electron chi connectivity index (χ3n) is 5.48. The Labute approximate surface area is 127 Å². The van der Waals surface area contributed by atoms with Crippen molar-refractivity contribution in [2.75, 3.05) is 18.0 Å². The molecule has 1 heterocycles. The van der Waals surface area contributed by atoms with E-state index in [2.05, 4.69) is 24.1 Å². The summed E-state index contributed by atoms with van der Waals surface area (Å²) in [7, 11) is 0. The molecular weight excluding hydrogens is 263 g/mol. The van der Waals surface area contributed by atoms with Crippen molar-refractivity contribution in [3.8, 4) is 0 Å². The lowest BCUT2D eigenvalue weighted by molar-refractivity contribution is 0.301. The zero-order chi connectivity index (χ0) is 14.9. The van der Waals surface area contributed by atoms with E-state index < -0.39 is 0 Å². The van der Waals surface area contributed by atoms with Crippen LogP contribution in [-0.4, -0.2) is 19.1 Å². The van der Waals surface area contributed by atoms with E-state index in [1.54, 1.807) is 12.1 Å². The van der Waals surface area contributed by atoms with Crippen LogP contribution in [0.5, 0.6) is 0 Å². The van der Waals surface area contributed by atoms with Crippen LogP contribution >= 0.6 is 0 Å². The monoisotopic (exact) mass is 290 g/mol. The van der Waals surface area contributed by atoms with Crippen LogP contribution in [0.25, 0.3) is 0 Å². The largest absolute Gasteiger partial charge is 0.371 e. The van der Waals surface area contributed by atoms with Crippen LogP contribution < -0.4 is 10.2 Å². The Morgan fingerprint density at radius 3 is 2.67 bits per heavy atom. The summed E-state index contributed by atoms with van der Waals surface area (Å²) >= 11 is 0. The van der Waals surface area contributed by atoms with Crippen LogP contribution in [-0.2, 0) is 6.54 Å². The molecule has 0 unspecified atom stereocenters. The predicted molar refractivity (Wildman–Crippen MR) is 86.1 cm³/mol. The summed E-state index contributed by atoms with van der Waals surface area (Å²) in [5.41, 5.74) is 2.80. The molecule has 21 heavy (non-hydrogen) atoms. The summed E-state index contributed by atoms with van der Waals surface area (Å²) in [5.74, 6) is -0.122. The van der Waals surface area contributed by atoms with E-state index in [1.807, 2.05) is 6.07 Å². The maximum absolute atomic E-state index is 13.6. The van der Waals surface area contributed by atoms with Crippen LogP contribution in [0.2, 0.25) is 0 Å². The van der Waals surface area contributed by atoms with Gasteiger partial charge in [-0.15, -0.1) is 0 Å². The van der Waals surface area contributed by atoms with Gasteiger partial charge in [0, 0.05) is 31.4 Å². The van der Waals surface area contributed by atoms with E-state index in [9.17, 15) is 4.39 Å². The van der Waals surface area contributed by atoms with E-state index in [4.69, 9.17) is 0 Å². The number of halogens is 1. The fourth-order valence-corrected chi connectivity index (χ4v) is 3.51. The van der Waals surface area contributed by atoms with Gasteiger partial charge in [-0.3, -0.25) is 0 Å². The van der Waals surface area contributed by atoms with E-state index in [-0.39, 0.29) is 5.82 Å². The molecule has 0 amide bonds. The SMILES string of the molecule is CCC1(CC)CCN(c2ccc(F)cc2CNC2CC2)C1. The second-order valence-corrected chi connectivity index (χ2v) is 6.81. The molecule has 3 rings (SSSR count). The minimum absolute atomic E-state index is 0.122. The lowest BCUT2D eigenvalue weighted by Crippen LogP contribution is -2.27. The number of benzene rings is 1. The molecule has 2 aliphatic rings. The number of rotatable bonds is 6.